The molecular weight excluding hydrogens is 438 g/mol. The van der Waals surface area contributed by atoms with Gasteiger partial charge in [0.2, 0.25) is 5.91 Å². The summed E-state index contributed by atoms with van der Waals surface area (Å²) in [5, 5.41) is 16.3. The first-order valence-electron chi connectivity index (χ1n) is 11.8. The predicted molar refractivity (Wildman–Crippen MR) is 128 cm³/mol. The normalized spacial score (nSPS) is 25.0. The lowest BCUT2D eigenvalue weighted by molar-refractivity contribution is -0.125. The minimum Gasteiger partial charge on any atom is -0.388 e. The lowest BCUT2D eigenvalue weighted by Gasteiger charge is -2.31. The van der Waals surface area contributed by atoms with Gasteiger partial charge in [0.25, 0.3) is 5.91 Å². The van der Waals surface area contributed by atoms with Crippen LogP contribution in [-0.4, -0.2) is 52.8 Å². The van der Waals surface area contributed by atoms with E-state index in [9.17, 15) is 14.7 Å². The van der Waals surface area contributed by atoms with Crippen molar-refractivity contribution in [3.05, 3.63) is 41.4 Å². The van der Waals surface area contributed by atoms with E-state index in [0.717, 1.165) is 36.3 Å². The van der Waals surface area contributed by atoms with Crippen LogP contribution >= 0.6 is 11.3 Å². The molecule has 178 valence electrons. The molecule has 0 radical (unpaired) electrons. The fourth-order valence-corrected chi connectivity index (χ4v) is 5.86. The summed E-state index contributed by atoms with van der Waals surface area (Å²) in [6.45, 7) is 4.37. The van der Waals surface area contributed by atoms with Crippen LogP contribution in [0.2, 0.25) is 0 Å². The van der Waals surface area contributed by atoms with Crippen molar-refractivity contribution < 1.29 is 19.4 Å². The molecule has 2 amide bonds. The number of rotatable bonds is 8. The number of hydrogen-bond acceptors (Lipinski definition) is 6. The lowest BCUT2D eigenvalue weighted by Crippen LogP contribution is -2.55. The third-order valence-corrected chi connectivity index (χ3v) is 7.99. The molecule has 8 heteroatoms. The molecule has 3 N–H and O–H groups in total. The summed E-state index contributed by atoms with van der Waals surface area (Å²) in [7, 11) is 0. The number of hydrogen-bond donors (Lipinski definition) is 3. The molecular formula is C25H33N3O4S. The largest absolute Gasteiger partial charge is 0.388 e. The van der Waals surface area contributed by atoms with E-state index in [1.165, 1.54) is 11.3 Å². The van der Waals surface area contributed by atoms with Crippen LogP contribution < -0.4 is 10.6 Å². The number of carbonyl (C=O) groups excluding carboxylic acids is 2. The third-order valence-electron chi connectivity index (χ3n) is 6.88. The molecule has 2 unspecified atom stereocenters. The Morgan fingerprint density at radius 1 is 1.27 bits per heavy atom. The van der Waals surface area contributed by atoms with Gasteiger partial charge in [0, 0.05) is 6.20 Å². The average Bonchev–Trinajstić information content (AvgIpc) is 3.55. The SMILES string of the molecule is CCC1OCC(O)[C@H]1NC(=O)[C@H](CC1(C)CCCC1)NC(=O)c1ccc(-c2ccccn2)s1. The van der Waals surface area contributed by atoms with E-state index < -0.39 is 18.2 Å². The monoisotopic (exact) mass is 471 g/mol. The second-order valence-corrected chi connectivity index (χ2v) is 10.6. The maximum atomic E-state index is 13.3. The smallest absolute Gasteiger partial charge is 0.262 e. The van der Waals surface area contributed by atoms with Crippen LogP contribution in [0.25, 0.3) is 10.6 Å². The van der Waals surface area contributed by atoms with E-state index in [0.29, 0.717) is 17.7 Å². The maximum absolute atomic E-state index is 13.3. The number of aliphatic hydroxyl groups is 1. The fourth-order valence-electron chi connectivity index (χ4n) is 4.97. The second-order valence-electron chi connectivity index (χ2n) is 9.51. The molecule has 3 heterocycles. The van der Waals surface area contributed by atoms with Crippen molar-refractivity contribution in [3.63, 3.8) is 0 Å². The summed E-state index contributed by atoms with van der Waals surface area (Å²) in [5.74, 6) is -0.523. The van der Waals surface area contributed by atoms with Crippen molar-refractivity contribution in [3.8, 4) is 10.6 Å². The average molecular weight is 472 g/mol. The number of aromatic nitrogens is 1. The standard InChI is InChI=1S/C25H33N3O4S/c1-3-19-22(18(29)15-32-19)28-23(30)17(14-25(2)11-5-6-12-25)27-24(31)21-10-9-20(33-21)16-8-4-7-13-26-16/h4,7-10,13,17-19,22,29H,3,5-6,11-12,14-15H2,1-2H3,(H,27,31)(H,28,30)/t17-,18?,19?,22+/m0/s1. The first-order chi connectivity index (χ1) is 15.9. The van der Waals surface area contributed by atoms with Crippen molar-refractivity contribution in [1.29, 1.82) is 0 Å². The van der Waals surface area contributed by atoms with E-state index in [1.807, 2.05) is 31.2 Å². The highest BCUT2D eigenvalue weighted by Gasteiger charge is 2.40. The van der Waals surface area contributed by atoms with Crippen LogP contribution in [0.4, 0.5) is 0 Å². The van der Waals surface area contributed by atoms with Gasteiger partial charge in [-0.15, -0.1) is 11.3 Å². The Labute approximate surface area is 199 Å². The van der Waals surface area contributed by atoms with Gasteiger partial charge in [-0.25, -0.2) is 0 Å². The Morgan fingerprint density at radius 3 is 2.76 bits per heavy atom. The number of ether oxygens (including phenoxy) is 1. The Hall–Kier alpha value is -2.29. The number of carbonyl (C=O) groups is 2. The zero-order valence-electron chi connectivity index (χ0n) is 19.3. The molecule has 0 bridgehead atoms. The lowest BCUT2D eigenvalue weighted by atomic mass is 9.81. The number of aliphatic hydroxyl groups excluding tert-OH is 1. The molecule has 1 aliphatic carbocycles. The van der Waals surface area contributed by atoms with Crippen LogP contribution in [0.15, 0.2) is 36.5 Å². The van der Waals surface area contributed by atoms with Gasteiger partial charge in [-0.2, -0.15) is 0 Å². The highest BCUT2D eigenvalue weighted by atomic mass is 32.1. The van der Waals surface area contributed by atoms with Crippen LogP contribution in [0.3, 0.4) is 0 Å². The zero-order valence-corrected chi connectivity index (χ0v) is 20.1. The number of amides is 2. The molecule has 0 spiro atoms. The van der Waals surface area contributed by atoms with Crippen LogP contribution in [0.5, 0.6) is 0 Å². The number of nitrogens with zero attached hydrogens (tertiary/aromatic N) is 1. The Balaban J connectivity index is 1.49. The summed E-state index contributed by atoms with van der Waals surface area (Å²) < 4.78 is 5.60. The first-order valence-corrected chi connectivity index (χ1v) is 12.6. The minimum atomic E-state index is -0.740. The molecule has 1 saturated carbocycles. The topological polar surface area (TPSA) is 101 Å². The molecule has 1 saturated heterocycles. The maximum Gasteiger partial charge on any atom is 0.262 e. The van der Waals surface area contributed by atoms with Crippen molar-refractivity contribution in [2.75, 3.05) is 6.61 Å². The van der Waals surface area contributed by atoms with Crippen molar-refractivity contribution >= 4 is 23.2 Å². The molecule has 0 aromatic carbocycles. The summed E-state index contributed by atoms with van der Waals surface area (Å²) in [6.07, 6.45) is 6.41. The van der Waals surface area contributed by atoms with E-state index in [4.69, 9.17) is 4.74 Å². The van der Waals surface area contributed by atoms with Gasteiger partial charge in [-0.1, -0.05) is 32.8 Å². The van der Waals surface area contributed by atoms with Gasteiger partial charge in [0.05, 0.1) is 34.2 Å². The Kier molecular flexibility index (Phi) is 7.46. The predicted octanol–water partition coefficient (Wildman–Crippen LogP) is 3.53. The van der Waals surface area contributed by atoms with E-state index in [-0.39, 0.29) is 29.9 Å². The summed E-state index contributed by atoms with van der Waals surface area (Å²) >= 11 is 1.36. The van der Waals surface area contributed by atoms with Gasteiger partial charge >= 0.3 is 0 Å². The zero-order chi connectivity index (χ0) is 23.4. The summed E-state index contributed by atoms with van der Waals surface area (Å²) in [5.41, 5.74) is 0.828. The van der Waals surface area contributed by atoms with Crippen LogP contribution in [0.1, 0.15) is 62.0 Å². The molecule has 4 rings (SSSR count). The summed E-state index contributed by atoms with van der Waals surface area (Å²) in [4.78, 5) is 32.3. The molecule has 33 heavy (non-hydrogen) atoms. The van der Waals surface area contributed by atoms with Crippen molar-refractivity contribution in [1.82, 2.24) is 15.6 Å². The quantitative estimate of drug-likeness (QED) is 0.547. The van der Waals surface area contributed by atoms with Gasteiger partial charge in [0.15, 0.2) is 0 Å². The van der Waals surface area contributed by atoms with Gasteiger partial charge < -0.3 is 20.5 Å². The van der Waals surface area contributed by atoms with E-state index >= 15 is 0 Å². The van der Waals surface area contributed by atoms with Crippen molar-refractivity contribution in [2.45, 2.75) is 76.7 Å². The number of thiophene rings is 1. The van der Waals surface area contributed by atoms with Gasteiger partial charge in [0.1, 0.15) is 12.1 Å². The minimum absolute atomic E-state index is 0.0127. The fraction of sp³-hybridized carbons (Fsp3) is 0.560. The van der Waals surface area contributed by atoms with Gasteiger partial charge in [-0.3, -0.25) is 14.6 Å². The molecule has 2 aromatic rings. The van der Waals surface area contributed by atoms with E-state index in [1.54, 1.807) is 12.3 Å². The first kappa shape index (κ1) is 23.9. The van der Waals surface area contributed by atoms with Gasteiger partial charge in [-0.05, 0) is 55.4 Å². The highest BCUT2D eigenvalue weighted by Crippen LogP contribution is 2.41. The van der Waals surface area contributed by atoms with Crippen LogP contribution in [0, 0.1) is 5.41 Å². The number of pyridine rings is 1. The molecule has 2 aliphatic rings. The third kappa shape index (κ3) is 5.62. The molecule has 2 fully saturated rings. The number of nitrogens with one attached hydrogen (secondary N) is 2. The Morgan fingerprint density at radius 2 is 2.06 bits per heavy atom. The molecule has 1 aliphatic heterocycles. The van der Waals surface area contributed by atoms with E-state index in [2.05, 4.69) is 22.5 Å². The second kappa shape index (κ2) is 10.3. The highest BCUT2D eigenvalue weighted by molar-refractivity contribution is 7.17. The molecule has 4 atom stereocenters. The molecule has 2 aromatic heterocycles. The summed E-state index contributed by atoms with van der Waals surface area (Å²) in [6, 6.07) is 8.19. The van der Waals surface area contributed by atoms with Crippen LogP contribution in [-0.2, 0) is 9.53 Å². The molecule has 7 nitrogen and oxygen atoms in total. The van der Waals surface area contributed by atoms with Crippen molar-refractivity contribution in [2.24, 2.45) is 5.41 Å². The Bertz CT molecular complexity index is 958.